The van der Waals surface area contributed by atoms with Crippen molar-refractivity contribution in [2.24, 2.45) is 5.92 Å². The summed E-state index contributed by atoms with van der Waals surface area (Å²) in [6.45, 7) is 8.36. The Labute approximate surface area is 314 Å². The quantitative estimate of drug-likeness (QED) is 0.166. The molecular weight excluding hydrogens is 692 g/mol. The van der Waals surface area contributed by atoms with Crippen LogP contribution in [0.1, 0.15) is 37.8 Å². The standard InChI is InChI=1S/C41H45ClN6O5/c1-40(2,50)26-20-46(21-26)19-25-12-13-33(44-39(25)53-5)30-10-6-9-29(38(30)42)28-8-7-11-34-31(28)18-43-48(34)27-16-35(51-3)32(36(17-27)52-4)22-47-23-41(24-47)15-14-37(49)45-41/h6-13,16-18,26,50H,14-15,19-24H2,1-5H3,(H,45,49). The van der Waals surface area contributed by atoms with Crippen molar-refractivity contribution < 1.29 is 24.1 Å². The number of fused-ring (bicyclic) bond motifs is 1. The zero-order valence-corrected chi connectivity index (χ0v) is 31.5. The molecule has 0 unspecified atom stereocenters. The van der Waals surface area contributed by atoms with E-state index in [-0.39, 0.29) is 17.4 Å². The van der Waals surface area contributed by atoms with E-state index in [1.165, 1.54) is 0 Å². The van der Waals surface area contributed by atoms with E-state index in [2.05, 4.69) is 27.2 Å². The van der Waals surface area contributed by atoms with Crippen LogP contribution in [0, 0.1) is 5.92 Å². The fourth-order valence-electron chi connectivity index (χ4n) is 8.14. The molecule has 3 saturated heterocycles. The van der Waals surface area contributed by atoms with Crippen molar-refractivity contribution in [2.75, 3.05) is 47.5 Å². The number of nitrogens with zero attached hydrogens (tertiary/aromatic N) is 5. The molecule has 5 aromatic rings. The molecule has 0 aliphatic carbocycles. The Bertz CT molecular complexity index is 2180. The van der Waals surface area contributed by atoms with Gasteiger partial charge in [0.15, 0.2) is 0 Å². The summed E-state index contributed by atoms with van der Waals surface area (Å²) < 4.78 is 19.5. The first-order valence-electron chi connectivity index (χ1n) is 18.0. The number of nitrogens with one attached hydrogen (secondary N) is 1. The second-order valence-electron chi connectivity index (χ2n) is 15.2. The number of carbonyl (C=O) groups excluding carboxylic acids is 1. The molecule has 1 spiro atoms. The van der Waals surface area contributed by atoms with Crippen LogP contribution in [0.5, 0.6) is 17.4 Å². The van der Waals surface area contributed by atoms with Gasteiger partial charge in [0.1, 0.15) is 11.5 Å². The van der Waals surface area contributed by atoms with Crippen molar-refractivity contribution in [1.29, 1.82) is 0 Å². The number of aromatic nitrogens is 3. The molecule has 0 bridgehead atoms. The number of likely N-dealkylation sites (tertiary alicyclic amines) is 2. The van der Waals surface area contributed by atoms with Crippen LogP contribution in [0.2, 0.25) is 5.02 Å². The molecule has 0 saturated carbocycles. The summed E-state index contributed by atoms with van der Waals surface area (Å²) in [5.74, 6) is 2.37. The Balaban J connectivity index is 1.07. The maximum atomic E-state index is 11.9. The minimum Gasteiger partial charge on any atom is -0.496 e. The third-order valence-electron chi connectivity index (χ3n) is 11.2. The highest BCUT2D eigenvalue weighted by atomic mass is 35.5. The average molecular weight is 737 g/mol. The largest absolute Gasteiger partial charge is 0.496 e. The highest BCUT2D eigenvalue weighted by Gasteiger charge is 2.47. The summed E-state index contributed by atoms with van der Waals surface area (Å²) in [6.07, 6.45) is 3.34. The van der Waals surface area contributed by atoms with Crippen LogP contribution in [-0.2, 0) is 17.9 Å². The van der Waals surface area contributed by atoms with Gasteiger partial charge in [0.05, 0.1) is 66.2 Å². The van der Waals surface area contributed by atoms with Gasteiger partial charge < -0.3 is 24.6 Å². The summed E-state index contributed by atoms with van der Waals surface area (Å²) in [5.41, 5.74) is 6.22. The van der Waals surface area contributed by atoms with Crippen molar-refractivity contribution in [3.8, 4) is 45.5 Å². The van der Waals surface area contributed by atoms with Gasteiger partial charge >= 0.3 is 0 Å². The van der Waals surface area contributed by atoms with E-state index in [9.17, 15) is 9.90 Å². The molecule has 3 aliphatic rings. The second-order valence-corrected chi connectivity index (χ2v) is 15.6. The molecular formula is C41H45ClN6O5. The lowest BCUT2D eigenvalue weighted by molar-refractivity contribution is -0.120. The van der Waals surface area contributed by atoms with E-state index in [4.69, 9.17) is 35.9 Å². The average Bonchev–Trinajstić information content (AvgIpc) is 3.73. The Morgan fingerprint density at radius 3 is 2.28 bits per heavy atom. The molecule has 2 aromatic heterocycles. The Morgan fingerprint density at radius 2 is 1.62 bits per heavy atom. The molecule has 276 valence electrons. The first-order chi connectivity index (χ1) is 25.5. The Morgan fingerprint density at radius 1 is 0.925 bits per heavy atom. The lowest BCUT2D eigenvalue weighted by atomic mass is 9.84. The zero-order chi connectivity index (χ0) is 37.1. The van der Waals surface area contributed by atoms with Gasteiger partial charge in [-0.3, -0.25) is 14.6 Å². The summed E-state index contributed by atoms with van der Waals surface area (Å²) in [4.78, 5) is 21.3. The molecule has 2 N–H and O–H groups in total. The summed E-state index contributed by atoms with van der Waals surface area (Å²) in [5, 5.41) is 19.9. The summed E-state index contributed by atoms with van der Waals surface area (Å²) in [7, 11) is 4.98. The number of benzene rings is 3. The van der Waals surface area contributed by atoms with Crippen molar-refractivity contribution in [2.45, 2.75) is 50.9 Å². The van der Waals surface area contributed by atoms with E-state index >= 15 is 0 Å². The van der Waals surface area contributed by atoms with E-state index in [0.29, 0.717) is 41.9 Å². The SMILES string of the molecule is COc1cc(-n2ncc3c(-c4cccc(-c5ccc(CN6CC(C(C)(C)O)C6)c(OC)n5)c4Cl)cccc32)cc(OC)c1CN1CC2(CCC(=O)N2)C1. The third kappa shape index (κ3) is 6.50. The maximum Gasteiger partial charge on any atom is 0.220 e. The number of halogens is 1. The summed E-state index contributed by atoms with van der Waals surface area (Å²) in [6, 6.07) is 20.1. The first kappa shape index (κ1) is 35.4. The van der Waals surface area contributed by atoms with Crippen LogP contribution in [-0.4, -0.2) is 94.2 Å². The number of pyridine rings is 1. The van der Waals surface area contributed by atoms with Crippen LogP contribution in [0.15, 0.2) is 66.9 Å². The molecule has 8 rings (SSSR count). The monoisotopic (exact) mass is 736 g/mol. The van der Waals surface area contributed by atoms with Gasteiger partial charge in [0, 0.05) is 85.8 Å². The van der Waals surface area contributed by atoms with Crippen LogP contribution in [0.4, 0.5) is 0 Å². The van der Waals surface area contributed by atoms with Crippen molar-refractivity contribution in [1.82, 2.24) is 29.9 Å². The molecule has 3 aromatic carbocycles. The number of amides is 1. The topological polar surface area (TPSA) is 114 Å². The van der Waals surface area contributed by atoms with Gasteiger partial charge in [-0.05, 0) is 38.0 Å². The zero-order valence-electron chi connectivity index (χ0n) is 30.8. The molecule has 12 heteroatoms. The van der Waals surface area contributed by atoms with Gasteiger partial charge in [0.25, 0.3) is 0 Å². The lowest BCUT2D eigenvalue weighted by Gasteiger charge is -2.48. The number of ether oxygens (including phenoxy) is 3. The molecule has 5 heterocycles. The van der Waals surface area contributed by atoms with Crippen molar-refractivity contribution >= 4 is 28.4 Å². The number of methoxy groups -OCH3 is 3. The maximum absolute atomic E-state index is 11.9. The first-order valence-corrected chi connectivity index (χ1v) is 18.4. The normalized spacial score (nSPS) is 17.5. The minimum atomic E-state index is -0.684. The Hall–Kier alpha value is -4.68. The molecule has 0 radical (unpaired) electrons. The fourth-order valence-corrected chi connectivity index (χ4v) is 8.46. The molecule has 0 atom stereocenters. The fraction of sp³-hybridized carbons (Fsp3) is 0.390. The molecule has 1 amide bonds. The number of carbonyl (C=O) groups is 1. The predicted octanol–water partition coefficient (Wildman–Crippen LogP) is 6.10. The molecule has 3 aliphatic heterocycles. The number of aliphatic hydroxyl groups is 1. The van der Waals surface area contributed by atoms with Crippen LogP contribution in [0.25, 0.3) is 39.0 Å². The lowest BCUT2D eigenvalue weighted by Crippen LogP contribution is -2.66. The summed E-state index contributed by atoms with van der Waals surface area (Å²) >= 11 is 7.22. The Kier molecular flexibility index (Phi) is 9.09. The van der Waals surface area contributed by atoms with Crippen LogP contribution >= 0.6 is 11.6 Å². The number of rotatable bonds is 11. The smallest absolute Gasteiger partial charge is 0.220 e. The predicted molar refractivity (Wildman–Crippen MR) is 205 cm³/mol. The van der Waals surface area contributed by atoms with Gasteiger partial charge in [-0.15, -0.1) is 0 Å². The molecule has 53 heavy (non-hydrogen) atoms. The van der Waals surface area contributed by atoms with Crippen molar-refractivity contribution in [3.05, 3.63) is 83.0 Å². The third-order valence-corrected chi connectivity index (χ3v) is 11.6. The molecule has 3 fully saturated rings. The molecule has 11 nitrogen and oxygen atoms in total. The van der Waals surface area contributed by atoms with Crippen LogP contribution < -0.4 is 19.5 Å². The van der Waals surface area contributed by atoms with Gasteiger partial charge in [-0.2, -0.15) is 5.10 Å². The van der Waals surface area contributed by atoms with E-state index in [0.717, 1.165) is 82.7 Å². The van der Waals surface area contributed by atoms with Gasteiger partial charge in [-0.25, -0.2) is 9.67 Å². The number of hydrogen-bond acceptors (Lipinski definition) is 9. The van der Waals surface area contributed by atoms with Gasteiger partial charge in [-0.1, -0.05) is 48.0 Å². The van der Waals surface area contributed by atoms with E-state index in [1.807, 2.05) is 73.3 Å². The van der Waals surface area contributed by atoms with E-state index < -0.39 is 5.60 Å². The highest BCUT2D eigenvalue weighted by molar-refractivity contribution is 6.36. The van der Waals surface area contributed by atoms with E-state index in [1.54, 1.807) is 21.3 Å². The minimum absolute atomic E-state index is 0.0998. The highest BCUT2D eigenvalue weighted by Crippen LogP contribution is 2.42. The van der Waals surface area contributed by atoms with Gasteiger partial charge in [0.2, 0.25) is 11.8 Å². The van der Waals surface area contributed by atoms with Crippen molar-refractivity contribution in [3.63, 3.8) is 0 Å². The second kappa shape index (κ2) is 13.6. The number of hydrogen-bond donors (Lipinski definition) is 2. The van der Waals surface area contributed by atoms with Crippen LogP contribution in [0.3, 0.4) is 0 Å².